The highest BCUT2D eigenvalue weighted by molar-refractivity contribution is 6.13. The molecule has 2 heterocycles. The van der Waals surface area contributed by atoms with Gasteiger partial charge in [-0.2, -0.15) is 23.7 Å². The molecule has 4 nitrogen and oxygen atoms in total. The second-order valence-corrected chi connectivity index (χ2v) is 16.8. The summed E-state index contributed by atoms with van der Waals surface area (Å²) in [6.45, 7) is 4.15. The van der Waals surface area contributed by atoms with Crippen LogP contribution >= 0.6 is 0 Å². The van der Waals surface area contributed by atoms with E-state index < -0.39 is 11.7 Å². The highest BCUT2D eigenvalue weighted by Gasteiger charge is 2.34. The number of alkyl halides is 3. The molecule has 0 unspecified atom stereocenters. The average Bonchev–Trinajstić information content (AvgIpc) is 3.85. The fourth-order valence-electron chi connectivity index (χ4n) is 9.77. The van der Waals surface area contributed by atoms with Gasteiger partial charge in [-0.15, -0.1) is 0 Å². The van der Waals surface area contributed by atoms with Gasteiger partial charge >= 0.3 is 6.18 Å². The van der Waals surface area contributed by atoms with Crippen molar-refractivity contribution in [2.75, 3.05) is 0 Å². The van der Waals surface area contributed by atoms with Crippen LogP contribution in [0.4, 0.5) is 13.2 Å². The summed E-state index contributed by atoms with van der Waals surface area (Å²) in [7, 11) is 0. The maximum atomic E-state index is 15.0. The SMILES string of the molecule is Cc1cccc(-c2ccc3c(c2)c2ccccc2n3-c2ccc(-c3ccc(C#N)cc3C(F)(F)F)cc2-c2c(C#N)cccc2-n2c3ccccc3c3cc(-c4cccc(C)c4)ccc32)c1. The quantitative estimate of drug-likeness (QED) is 0.167. The molecule has 0 amide bonds. The second-order valence-electron chi connectivity index (χ2n) is 16.8. The van der Waals surface area contributed by atoms with Crippen LogP contribution in [-0.4, -0.2) is 9.13 Å². The minimum absolute atomic E-state index is 0.0733. The molecule has 0 N–H and O–H groups in total. The molecule has 0 atom stereocenters. The van der Waals surface area contributed by atoms with Crippen LogP contribution in [-0.2, 0) is 6.18 Å². The Labute approximate surface area is 378 Å². The molecule has 0 saturated carbocycles. The van der Waals surface area contributed by atoms with E-state index in [0.717, 1.165) is 83.1 Å². The molecule has 0 spiro atoms. The van der Waals surface area contributed by atoms with E-state index in [9.17, 15) is 23.7 Å². The molecule has 0 aliphatic heterocycles. The van der Waals surface area contributed by atoms with Crippen molar-refractivity contribution in [3.05, 3.63) is 216 Å². The minimum Gasteiger partial charge on any atom is -0.309 e. The summed E-state index contributed by atoms with van der Waals surface area (Å²) < 4.78 is 49.2. The smallest absolute Gasteiger partial charge is 0.309 e. The molecular formula is C59H37F3N4. The molecule has 0 bridgehead atoms. The van der Waals surface area contributed by atoms with Crippen LogP contribution in [0.3, 0.4) is 0 Å². The van der Waals surface area contributed by atoms with Gasteiger partial charge in [0.15, 0.2) is 0 Å². The highest BCUT2D eigenvalue weighted by Crippen LogP contribution is 2.46. The summed E-state index contributed by atoms with van der Waals surface area (Å²) in [5.74, 6) is 0. The lowest BCUT2D eigenvalue weighted by molar-refractivity contribution is -0.137. The molecule has 0 saturated heterocycles. The number of benzene rings is 9. The van der Waals surface area contributed by atoms with Crippen molar-refractivity contribution in [1.82, 2.24) is 9.13 Å². The van der Waals surface area contributed by atoms with Crippen molar-refractivity contribution in [2.24, 2.45) is 0 Å². The number of nitriles is 2. The maximum Gasteiger partial charge on any atom is 0.417 e. The van der Waals surface area contributed by atoms with Gasteiger partial charge in [0.1, 0.15) is 0 Å². The van der Waals surface area contributed by atoms with Gasteiger partial charge in [0.25, 0.3) is 0 Å². The number of hydrogen-bond donors (Lipinski definition) is 0. The third-order valence-electron chi connectivity index (χ3n) is 12.7. The number of aryl methyl sites for hydroxylation is 2. The van der Waals surface area contributed by atoms with E-state index in [-0.39, 0.29) is 16.7 Å². The lowest BCUT2D eigenvalue weighted by Gasteiger charge is -2.21. The predicted molar refractivity (Wildman–Crippen MR) is 261 cm³/mol. The Balaban J connectivity index is 1.24. The van der Waals surface area contributed by atoms with Crippen molar-refractivity contribution in [3.8, 4) is 68.0 Å². The van der Waals surface area contributed by atoms with Crippen molar-refractivity contribution in [2.45, 2.75) is 20.0 Å². The number of halogens is 3. The average molecular weight is 859 g/mol. The number of fused-ring (bicyclic) bond motifs is 6. The van der Waals surface area contributed by atoms with E-state index in [1.807, 2.05) is 48.5 Å². The predicted octanol–water partition coefficient (Wildman–Crippen LogP) is 15.9. The van der Waals surface area contributed by atoms with Gasteiger partial charge in [0.2, 0.25) is 0 Å². The summed E-state index contributed by atoms with van der Waals surface area (Å²) >= 11 is 0. The molecule has 0 fully saturated rings. The summed E-state index contributed by atoms with van der Waals surface area (Å²) in [4.78, 5) is 0. The standard InChI is InChI=1S/C59H37F3N4/c1-36-10-7-12-39(28-36)41-21-25-54-48(31-41)46-15-3-5-17-52(46)65(54)56-27-23-43(45-24-20-38(34-63)30-51(45)59(60,61)62)33-50(56)58-44(35-64)14-9-19-57(58)66-53-18-6-4-16-47(53)49-32-42(22-26-55(49)66)40-13-8-11-37(2)29-40/h3-33H,1-2H3. The molecule has 0 aliphatic rings. The summed E-state index contributed by atoms with van der Waals surface area (Å²) in [6, 6.07) is 64.9. The lowest BCUT2D eigenvalue weighted by atomic mass is 9.90. The van der Waals surface area contributed by atoms with Crippen molar-refractivity contribution in [3.63, 3.8) is 0 Å². The third kappa shape index (κ3) is 6.60. The minimum atomic E-state index is -4.75. The molecule has 314 valence electrons. The van der Waals surface area contributed by atoms with Gasteiger partial charge in [0, 0.05) is 32.7 Å². The van der Waals surface area contributed by atoms with Gasteiger partial charge < -0.3 is 9.13 Å². The first-order chi connectivity index (χ1) is 32.1. The van der Waals surface area contributed by atoms with Crippen LogP contribution in [0.15, 0.2) is 188 Å². The van der Waals surface area contributed by atoms with Gasteiger partial charge in [-0.3, -0.25) is 0 Å². The highest BCUT2D eigenvalue weighted by atomic mass is 19.4. The number of nitrogens with zero attached hydrogens (tertiary/aromatic N) is 4. The zero-order valence-electron chi connectivity index (χ0n) is 35.8. The van der Waals surface area contributed by atoms with Crippen molar-refractivity contribution >= 4 is 43.6 Å². The Morgan fingerprint density at radius 3 is 1.50 bits per heavy atom. The number of rotatable bonds is 6. The fourth-order valence-corrected chi connectivity index (χ4v) is 9.77. The molecule has 2 aromatic heterocycles. The van der Waals surface area contributed by atoms with Gasteiger partial charge in [-0.1, -0.05) is 126 Å². The number of hydrogen-bond acceptors (Lipinski definition) is 2. The third-order valence-corrected chi connectivity index (χ3v) is 12.7. The van der Waals surface area contributed by atoms with E-state index in [2.05, 4.69) is 138 Å². The first-order valence-electron chi connectivity index (χ1n) is 21.6. The Morgan fingerprint density at radius 2 is 0.939 bits per heavy atom. The normalized spacial score (nSPS) is 11.7. The zero-order chi connectivity index (χ0) is 45.3. The van der Waals surface area contributed by atoms with Crippen LogP contribution in [0.2, 0.25) is 0 Å². The molecular weight excluding hydrogens is 822 g/mol. The second kappa shape index (κ2) is 15.6. The molecule has 9 aromatic carbocycles. The van der Waals surface area contributed by atoms with Gasteiger partial charge in [-0.05, 0) is 120 Å². The van der Waals surface area contributed by atoms with E-state index >= 15 is 0 Å². The molecule has 0 radical (unpaired) electrons. The van der Waals surface area contributed by atoms with Crippen LogP contribution in [0.5, 0.6) is 0 Å². The fraction of sp³-hybridized carbons (Fsp3) is 0.0508. The molecule has 0 aliphatic carbocycles. The zero-order valence-corrected chi connectivity index (χ0v) is 35.8. The Hall–Kier alpha value is -8.65. The Kier molecular flexibility index (Phi) is 9.46. The topological polar surface area (TPSA) is 57.4 Å². The first-order valence-corrected chi connectivity index (χ1v) is 21.6. The summed E-state index contributed by atoms with van der Waals surface area (Å²) in [5, 5.41) is 24.8. The first kappa shape index (κ1) is 40.1. The number of para-hydroxylation sites is 2. The van der Waals surface area contributed by atoms with Crippen molar-refractivity contribution in [1.29, 1.82) is 10.5 Å². The summed E-state index contributed by atoms with van der Waals surface area (Å²) in [6.07, 6.45) is -4.75. The Bertz CT molecular complexity index is 3870. The summed E-state index contributed by atoms with van der Waals surface area (Å²) in [5.41, 5.74) is 12.3. The van der Waals surface area contributed by atoms with Crippen LogP contribution in [0, 0.1) is 36.5 Å². The van der Waals surface area contributed by atoms with E-state index in [1.54, 1.807) is 18.2 Å². The monoisotopic (exact) mass is 858 g/mol. The molecule has 7 heteroatoms. The van der Waals surface area contributed by atoms with Crippen LogP contribution in [0.25, 0.3) is 99.5 Å². The molecule has 66 heavy (non-hydrogen) atoms. The van der Waals surface area contributed by atoms with E-state index in [0.29, 0.717) is 28.1 Å². The van der Waals surface area contributed by atoms with Crippen molar-refractivity contribution < 1.29 is 13.2 Å². The molecule has 11 aromatic rings. The van der Waals surface area contributed by atoms with Crippen LogP contribution in [0.1, 0.15) is 27.8 Å². The number of aromatic nitrogens is 2. The van der Waals surface area contributed by atoms with E-state index in [1.165, 1.54) is 12.1 Å². The molecule has 11 rings (SSSR count). The maximum absolute atomic E-state index is 15.0. The lowest BCUT2D eigenvalue weighted by Crippen LogP contribution is -2.08. The van der Waals surface area contributed by atoms with E-state index in [4.69, 9.17) is 0 Å². The Morgan fingerprint density at radius 1 is 0.409 bits per heavy atom. The van der Waals surface area contributed by atoms with Crippen LogP contribution < -0.4 is 0 Å². The van der Waals surface area contributed by atoms with Gasteiger partial charge in [0.05, 0.1) is 62.3 Å². The van der Waals surface area contributed by atoms with Gasteiger partial charge in [-0.25, -0.2) is 0 Å². The largest absolute Gasteiger partial charge is 0.417 e.